The molecule has 1 aromatic rings. The van der Waals surface area contributed by atoms with Gasteiger partial charge in [0.25, 0.3) is 0 Å². The highest BCUT2D eigenvalue weighted by molar-refractivity contribution is 5.66. The molecular formula is C33H48O9. The van der Waals surface area contributed by atoms with Gasteiger partial charge in [-0.25, -0.2) is 0 Å². The molecule has 3 unspecified atom stereocenters. The van der Waals surface area contributed by atoms with Crippen molar-refractivity contribution in [1.82, 2.24) is 0 Å². The molecule has 5 rings (SSSR count). The second-order valence-electron chi connectivity index (χ2n) is 12.0. The van der Waals surface area contributed by atoms with E-state index >= 15 is 0 Å². The summed E-state index contributed by atoms with van der Waals surface area (Å²) in [6.07, 6.45) is 12.3. The number of aliphatic hydroxyl groups excluding tert-OH is 1. The SMILES string of the molecule is O=C(O)CCCC=CC[C@@H]1[C@@H](CC[C@@H](OC2CCCCO2)C2OCc3ccccc3O2)[C@H](OC2CCCCO2)C[C@@H]1O. The van der Waals surface area contributed by atoms with E-state index in [0.29, 0.717) is 51.9 Å². The van der Waals surface area contributed by atoms with Crippen LogP contribution in [-0.2, 0) is 35.1 Å². The summed E-state index contributed by atoms with van der Waals surface area (Å²) in [6.45, 7) is 1.87. The van der Waals surface area contributed by atoms with Gasteiger partial charge in [-0.3, -0.25) is 4.79 Å². The van der Waals surface area contributed by atoms with Crippen molar-refractivity contribution in [2.24, 2.45) is 11.8 Å². The van der Waals surface area contributed by atoms with E-state index in [-0.39, 0.29) is 43.0 Å². The average Bonchev–Trinajstić information content (AvgIpc) is 3.30. The lowest BCUT2D eigenvalue weighted by atomic mass is 9.85. The summed E-state index contributed by atoms with van der Waals surface area (Å²) in [4.78, 5) is 10.8. The van der Waals surface area contributed by atoms with E-state index in [4.69, 9.17) is 33.5 Å². The first kappa shape index (κ1) is 31.4. The van der Waals surface area contributed by atoms with E-state index in [0.717, 1.165) is 56.3 Å². The van der Waals surface area contributed by atoms with Gasteiger partial charge in [-0.2, -0.15) is 0 Å². The Bertz CT molecular complexity index is 987. The fourth-order valence-corrected chi connectivity index (χ4v) is 6.68. The minimum atomic E-state index is -0.774. The highest BCUT2D eigenvalue weighted by Gasteiger charge is 2.44. The number of ether oxygens (including phenoxy) is 6. The van der Waals surface area contributed by atoms with Gasteiger partial charge in [-0.15, -0.1) is 0 Å². The molecule has 9 heteroatoms. The molecule has 3 fully saturated rings. The molecule has 2 saturated heterocycles. The Morgan fingerprint density at radius 2 is 1.79 bits per heavy atom. The first-order valence-electron chi connectivity index (χ1n) is 16.0. The molecule has 0 radical (unpaired) electrons. The second-order valence-corrected chi connectivity index (χ2v) is 12.0. The molecule has 2 N–H and O–H groups in total. The van der Waals surface area contributed by atoms with Gasteiger partial charge < -0.3 is 38.6 Å². The lowest BCUT2D eigenvalue weighted by molar-refractivity contribution is -0.252. The number of carboxylic acids is 1. The van der Waals surface area contributed by atoms with Gasteiger partial charge in [-0.05, 0) is 88.5 Å². The van der Waals surface area contributed by atoms with Crippen LogP contribution in [0.3, 0.4) is 0 Å². The fourth-order valence-electron chi connectivity index (χ4n) is 6.68. The van der Waals surface area contributed by atoms with E-state index in [1.807, 2.05) is 30.3 Å². The highest BCUT2D eigenvalue weighted by Crippen LogP contribution is 2.42. The first-order valence-corrected chi connectivity index (χ1v) is 16.0. The fraction of sp³-hybridized carbons (Fsp3) is 0.727. The lowest BCUT2D eigenvalue weighted by Gasteiger charge is -2.36. The molecule has 8 atom stereocenters. The summed E-state index contributed by atoms with van der Waals surface area (Å²) in [7, 11) is 0. The largest absolute Gasteiger partial charge is 0.481 e. The topological polar surface area (TPSA) is 113 Å². The molecule has 4 aliphatic rings. The zero-order chi connectivity index (χ0) is 29.1. The van der Waals surface area contributed by atoms with Gasteiger partial charge in [0.15, 0.2) is 12.6 Å². The minimum Gasteiger partial charge on any atom is -0.481 e. The average molecular weight is 589 g/mol. The Morgan fingerprint density at radius 3 is 2.55 bits per heavy atom. The van der Waals surface area contributed by atoms with Crippen molar-refractivity contribution < 1.29 is 43.4 Å². The van der Waals surface area contributed by atoms with Crippen molar-refractivity contribution >= 4 is 5.97 Å². The Hall–Kier alpha value is -2.01. The van der Waals surface area contributed by atoms with Crippen LogP contribution in [0.15, 0.2) is 36.4 Å². The molecule has 0 aromatic heterocycles. The molecule has 0 amide bonds. The third-order valence-corrected chi connectivity index (χ3v) is 8.97. The van der Waals surface area contributed by atoms with Gasteiger partial charge in [0, 0.05) is 31.6 Å². The number of benzene rings is 1. The Kier molecular flexibility index (Phi) is 12.1. The van der Waals surface area contributed by atoms with Crippen molar-refractivity contribution in [2.75, 3.05) is 13.2 Å². The number of carboxylic acid groups (broad SMARTS) is 1. The smallest absolute Gasteiger partial charge is 0.303 e. The number of unbranched alkanes of at least 4 members (excludes halogenated alkanes) is 1. The molecule has 3 heterocycles. The third-order valence-electron chi connectivity index (χ3n) is 8.97. The standard InChI is InChI=1S/C33H48O9/c34-26-21-29(41-32-16-8-10-20-38-32)25(24(26)12-3-1-2-4-14-30(35)36)17-18-28(40-31-15-7-9-19-37-31)33-39-22-23-11-5-6-13-27(23)42-33/h1,3,5-6,11,13,24-26,28-29,31-34H,2,4,7-10,12,14-22H2,(H,35,36)/t24-,25-,26+,28-,29-,31?,32?,33?/m1/s1. The van der Waals surface area contributed by atoms with Crippen LogP contribution >= 0.6 is 0 Å². The summed E-state index contributed by atoms with van der Waals surface area (Å²) < 4.78 is 37.4. The number of allylic oxidation sites excluding steroid dienone is 2. The molecule has 3 aliphatic heterocycles. The van der Waals surface area contributed by atoms with Crippen LogP contribution in [0.1, 0.15) is 89.0 Å². The van der Waals surface area contributed by atoms with Crippen LogP contribution in [0.2, 0.25) is 0 Å². The predicted octanol–water partition coefficient (Wildman–Crippen LogP) is 5.72. The van der Waals surface area contributed by atoms with Crippen LogP contribution in [0.25, 0.3) is 0 Å². The molecule has 0 spiro atoms. The van der Waals surface area contributed by atoms with Crippen LogP contribution in [-0.4, -0.2) is 66.6 Å². The summed E-state index contributed by atoms with van der Waals surface area (Å²) in [6, 6.07) is 7.94. The first-order chi connectivity index (χ1) is 20.6. The number of rotatable bonds is 14. The Labute approximate surface area is 249 Å². The van der Waals surface area contributed by atoms with E-state index in [1.165, 1.54) is 0 Å². The van der Waals surface area contributed by atoms with E-state index in [1.54, 1.807) is 0 Å². The minimum absolute atomic E-state index is 0.0230. The van der Waals surface area contributed by atoms with Crippen LogP contribution in [0, 0.1) is 11.8 Å². The monoisotopic (exact) mass is 588 g/mol. The summed E-state index contributed by atoms with van der Waals surface area (Å²) in [5.74, 6) is 0.174. The molecule has 1 saturated carbocycles. The number of aliphatic carboxylic acids is 1. The molecular weight excluding hydrogens is 540 g/mol. The Morgan fingerprint density at radius 1 is 1.00 bits per heavy atom. The number of carbonyl (C=O) groups is 1. The lowest BCUT2D eigenvalue weighted by Crippen LogP contribution is -2.42. The maximum Gasteiger partial charge on any atom is 0.303 e. The zero-order valence-electron chi connectivity index (χ0n) is 24.6. The summed E-state index contributed by atoms with van der Waals surface area (Å²) in [5.41, 5.74) is 1.02. The van der Waals surface area contributed by atoms with Crippen LogP contribution < -0.4 is 4.74 Å². The molecule has 234 valence electrons. The molecule has 1 aliphatic carbocycles. The van der Waals surface area contributed by atoms with Gasteiger partial charge >= 0.3 is 5.97 Å². The number of hydrogen-bond acceptors (Lipinski definition) is 8. The van der Waals surface area contributed by atoms with Crippen molar-refractivity contribution in [2.45, 2.75) is 127 Å². The molecule has 1 aromatic carbocycles. The quantitative estimate of drug-likeness (QED) is 0.208. The third kappa shape index (κ3) is 9.00. The summed E-state index contributed by atoms with van der Waals surface area (Å²) >= 11 is 0. The van der Waals surface area contributed by atoms with E-state index in [2.05, 4.69) is 6.08 Å². The number of para-hydroxylation sites is 1. The number of hydrogen-bond donors (Lipinski definition) is 2. The molecule has 0 bridgehead atoms. The predicted molar refractivity (Wildman–Crippen MR) is 155 cm³/mol. The normalized spacial score (nSPS) is 32.4. The highest BCUT2D eigenvalue weighted by atomic mass is 16.7. The van der Waals surface area contributed by atoms with Gasteiger partial charge in [0.1, 0.15) is 11.9 Å². The van der Waals surface area contributed by atoms with Gasteiger partial charge in [0.05, 0.1) is 18.8 Å². The van der Waals surface area contributed by atoms with Crippen molar-refractivity contribution in [3.63, 3.8) is 0 Å². The van der Waals surface area contributed by atoms with Crippen LogP contribution in [0.5, 0.6) is 5.75 Å². The Balaban J connectivity index is 1.27. The van der Waals surface area contributed by atoms with Crippen LogP contribution in [0.4, 0.5) is 0 Å². The van der Waals surface area contributed by atoms with E-state index < -0.39 is 18.4 Å². The maximum absolute atomic E-state index is 11.2. The van der Waals surface area contributed by atoms with Gasteiger partial charge in [0.2, 0.25) is 6.29 Å². The van der Waals surface area contributed by atoms with Gasteiger partial charge in [-0.1, -0.05) is 30.4 Å². The molecule has 42 heavy (non-hydrogen) atoms. The number of fused-ring (bicyclic) bond motifs is 1. The summed E-state index contributed by atoms with van der Waals surface area (Å²) in [5, 5.41) is 20.1. The number of aliphatic hydroxyl groups is 1. The van der Waals surface area contributed by atoms with Crippen molar-refractivity contribution in [3.8, 4) is 5.75 Å². The maximum atomic E-state index is 11.2. The second kappa shape index (κ2) is 16.2. The van der Waals surface area contributed by atoms with Crippen molar-refractivity contribution in [3.05, 3.63) is 42.0 Å². The molecule has 9 nitrogen and oxygen atoms in total. The van der Waals surface area contributed by atoms with Crippen molar-refractivity contribution in [1.29, 1.82) is 0 Å². The zero-order valence-corrected chi connectivity index (χ0v) is 24.6. The van der Waals surface area contributed by atoms with E-state index in [9.17, 15) is 9.90 Å².